The van der Waals surface area contributed by atoms with Crippen molar-refractivity contribution in [2.24, 2.45) is 0 Å². The molecule has 1 aromatic carbocycles. The quantitative estimate of drug-likeness (QED) is 0.494. The molecule has 1 heterocycles. The highest BCUT2D eigenvalue weighted by molar-refractivity contribution is 5.89. The summed E-state index contributed by atoms with van der Waals surface area (Å²) in [7, 11) is 0. The second kappa shape index (κ2) is 7.81. The molecule has 2 aliphatic rings. The Labute approximate surface area is 145 Å². The van der Waals surface area contributed by atoms with E-state index < -0.39 is 30.4 Å². The second-order valence-corrected chi connectivity index (χ2v) is 6.44. The van der Waals surface area contributed by atoms with Gasteiger partial charge in [0.2, 0.25) is 5.91 Å². The van der Waals surface area contributed by atoms with E-state index in [4.69, 9.17) is 4.74 Å². The molecule has 0 radical (unpaired) electrons. The summed E-state index contributed by atoms with van der Waals surface area (Å²) in [5.41, 5.74) is 0.641. The molecule has 25 heavy (non-hydrogen) atoms. The van der Waals surface area contributed by atoms with Crippen LogP contribution in [0.15, 0.2) is 30.3 Å². The molecule has 1 saturated heterocycles. The smallest absolute Gasteiger partial charge is 0.319 e. The summed E-state index contributed by atoms with van der Waals surface area (Å²) in [6.07, 6.45) is -1.92. The molecule has 0 unspecified atom stereocenters. The van der Waals surface area contributed by atoms with Gasteiger partial charge in [-0.25, -0.2) is 4.79 Å². The summed E-state index contributed by atoms with van der Waals surface area (Å²) in [5, 5.41) is 28.2. The molecule has 1 saturated carbocycles. The molecule has 1 aliphatic carbocycles. The largest absolute Gasteiger partial charge is 0.388 e. The van der Waals surface area contributed by atoms with E-state index in [2.05, 4.69) is 16.0 Å². The van der Waals surface area contributed by atoms with E-state index in [1.165, 1.54) is 0 Å². The van der Waals surface area contributed by atoms with Crippen molar-refractivity contribution in [3.05, 3.63) is 30.3 Å². The average Bonchev–Trinajstić information content (AvgIpc) is 3.36. The number of aliphatic hydroxyl groups excluding tert-OH is 2. The van der Waals surface area contributed by atoms with Crippen molar-refractivity contribution in [2.45, 2.75) is 49.7 Å². The van der Waals surface area contributed by atoms with Crippen LogP contribution in [-0.2, 0) is 9.53 Å². The highest BCUT2D eigenvalue weighted by atomic mass is 16.5. The van der Waals surface area contributed by atoms with E-state index in [1.807, 2.05) is 6.07 Å². The monoisotopic (exact) mass is 349 g/mol. The van der Waals surface area contributed by atoms with Gasteiger partial charge in [-0.2, -0.15) is 0 Å². The fraction of sp³-hybridized carbons (Fsp3) is 0.529. The molecule has 3 rings (SSSR count). The molecule has 0 bridgehead atoms. The van der Waals surface area contributed by atoms with Crippen molar-refractivity contribution in [3.8, 4) is 0 Å². The number of amides is 3. The van der Waals surface area contributed by atoms with Crippen LogP contribution < -0.4 is 16.0 Å². The molecule has 136 valence electrons. The molecule has 0 spiro atoms. The number of anilines is 1. The lowest BCUT2D eigenvalue weighted by Crippen LogP contribution is -2.41. The molecule has 8 nitrogen and oxygen atoms in total. The van der Waals surface area contributed by atoms with Crippen molar-refractivity contribution >= 4 is 17.6 Å². The van der Waals surface area contributed by atoms with Gasteiger partial charge >= 0.3 is 6.03 Å². The number of ether oxygens (including phenoxy) is 1. The van der Waals surface area contributed by atoms with Crippen LogP contribution in [0.3, 0.4) is 0 Å². The van der Waals surface area contributed by atoms with Crippen LogP contribution in [0.5, 0.6) is 0 Å². The van der Waals surface area contributed by atoms with Crippen molar-refractivity contribution in [2.75, 3.05) is 11.9 Å². The second-order valence-electron chi connectivity index (χ2n) is 6.44. The maximum atomic E-state index is 11.9. The first-order valence-corrected chi connectivity index (χ1v) is 8.44. The molecular formula is C17H23N3O5. The molecule has 1 aliphatic heterocycles. The maximum absolute atomic E-state index is 11.9. The standard InChI is InChI=1S/C17H23N3O5/c21-14(19-11-6-7-11)8-12-15(22)16(23)13(25-12)9-18-17(24)20-10-4-2-1-3-5-10/h1-5,11-13,15-16,22-23H,6-9H2,(H,19,21)(H2,18,20,24)/t12-,13+,15-,16+/m0/s1. The lowest BCUT2D eigenvalue weighted by molar-refractivity contribution is -0.125. The number of carbonyl (C=O) groups is 2. The Kier molecular flexibility index (Phi) is 5.52. The Balaban J connectivity index is 1.44. The molecule has 2 fully saturated rings. The Hall–Kier alpha value is -2.16. The van der Waals surface area contributed by atoms with E-state index >= 15 is 0 Å². The van der Waals surface area contributed by atoms with Gasteiger partial charge in [-0.15, -0.1) is 0 Å². The van der Waals surface area contributed by atoms with Crippen molar-refractivity contribution in [1.29, 1.82) is 0 Å². The number of hydrogen-bond donors (Lipinski definition) is 5. The van der Waals surface area contributed by atoms with Crippen LogP contribution in [0, 0.1) is 0 Å². The van der Waals surface area contributed by atoms with Crippen LogP contribution in [-0.4, -0.2) is 59.2 Å². The maximum Gasteiger partial charge on any atom is 0.319 e. The van der Waals surface area contributed by atoms with Gasteiger partial charge in [0.25, 0.3) is 0 Å². The summed E-state index contributed by atoms with van der Waals surface area (Å²) >= 11 is 0. The normalized spacial score (nSPS) is 28.4. The van der Waals surface area contributed by atoms with Gasteiger partial charge in [0.1, 0.15) is 18.3 Å². The number of benzene rings is 1. The minimum atomic E-state index is -1.16. The number of rotatable bonds is 6. The summed E-state index contributed by atoms with van der Waals surface area (Å²) < 4.78 is 5.56. The van der Waals surface area contributed by atoms with Gasteiger partial charge in [-0.3, -0.25) is 4.79 Å². The summed E-state index contributed by atoms with van der Waals surface area (Å²) in [6.45, 7) is 0.0254. The molecule has 3 amide bonds. The number of urea groups is 1. The fourth-order valence-corrected chi connectivity index (χ4v) is 2.75. The summed E-state index contributed by atoms with van der Waals surface area (Å²) in [5.74, 6) is -0.200. The van der Waals surface area contributed by atoms with Crippen molar-refractivity contribution < 1.29 is 24.5 Å². The van der Waals surface area contributed by atoms with Gasteiger partial charge in [0.05, 0.1) is 12.5 Å². The minimum Gasteiger partial charge on any atom is -0.388 e. The SMILES string of the molecule is O=C(C[C@@H]1O[C@H](CNC(=O)Nc2ccccc2)[C@@H](O)[C@H]1O)NC1CC1. The highest BCUT2D eigenvalue weighted by Gasteiger charge is 2.43. The van der Waals surface area contributed by atoms with Crippen LogP contribution >= 0.6 is 0 Å². The van der Waals surface area contributed by atoms with E-state index in [-0.39, 0.29) is 24.9 Å². The Morgan fingerprint density at radius 2 is 1.76 bits per heavy atom. The molecule has 1 aromatic rings. The van der Waals surface area contributed by atoms with Crippen LogP contribution in [0.25, 0.3) is 0 Å². The first-order valence-electron chi connectivity index (χ1n) is 8.44. The van der Waals surface area contributed by atoms with Gasteiger partial charge in [0, 0.05) is 18.3 Å². The molecule has 5 N–H and O–H groups in total. The first-order chi connectivity index (χ1) is 12.0. The lowest BCUT2D eigenvalue weighted by Gasteiger charge is -2.15. The lowest BCUT2D eigenvalue weighted by atomic mass is 10.1. The summed E-state index contributed by atoms with van der Waals surface area (Å²) in [6, 6.07) is 8.73. The third-order valence-corrected chi connectivity index (χ3v) is 4.29. The first kappa shape index (κ1) is 17.7. The summed E-state index contributed by atoms with van der Waals surface area (Å²) in [4.78, 5) is 23.7. The topological polar surface area (TPSA) is 120 Å². The Morgan fingerprint density at radius 3 is 2.44 bits per heavy atom. The molecule has 8 heteroatoms. The van der Waals surface area contributed by atoms with Gasteiger partial charge in [0.15, 0.2) is 0 Å². The van der Waals surface area contributed by atoms with E-state index in [0.29, 0.717) is 5.69 Å². The van der Waals surface area contributed by atoms with Gasteiger partial charge < -0.3 is 30.9 Å². The number of carbonyl (C=O) groups excluding carboxylic acids is 2. The third-order valence-electron chi connectivity index (χ3n) is 4.29. The Bertz CT molecular complexity index is 608. The molecular weight excluding hydrogens is 326 g/mol. The Morgan fingerprint density at radius 1 is 1.08 bits per heavy atom. The van der Waals surface area contributed by atoms with Gasteiger partial charge in [-0.05, 0) is 25.0 Å². The number of hydrogen-bond acceptors (Lipinski definition) is 5. The third kappa shape index (κ3) is 4.91. The van der Waals surface area contributed by atoms with Crippen molar-refractivity contribution in [1.82, 2.24) is 10.6 Å². The zero-order valence-corrected chi connectivity index (χ0v) is 13.7. The number of nitrogens with one attached hydrogen (secondary N) is 3. The van der Waals surface area contributed by atoms with E-state index in [9.17, 15) is 19.8 Å². The van der Waals surface area contributed by atoms with E-state index in [1.54, 1.807) is 24.3 Å². The van der Waals surface area contributed by atoms with Crippen LogP contribution in [0.4, 0.5) is 10.5 Å². The molecule has 4 atom stereocenters. The zero-order valence-electron chi connectivity index (χ0n) is 13.7. The molecule has 0 aromatic heterocycles. The highest BCUT2D eigenvalue weighted by Crippen LogP contribution is 2.24. The van der Waals surface area contributed by atoms with Gasteiger partial charge in [-0.1, -0.05) is 18.2 Å². The number of para-hydroxylation sites is 1. The van der Waals surface area contributed by atoms with Crippen molar-refractivity contribution in [3.63, 3.8) is 0 Å². The van der Waals surface area contributed by atoms with Crippen LogP contribution in [0.1, 0.15) is 19.3 Å². The predicted molar refractivity (Wildman–Crippen MR) is 89.9 cm³/mol. The minimum absolute atomic E-state index is 0.0125. The average molecular weight is 349 g/mol. The zero-order chi connectivity index (χ0) is 17.8. The van der Waals surface area contributed by atoms with Crippen LogP contribution in [0.2, 0.25) is 0 Å². The predicted octanol–water partition coefficient (Wildman–Crippen LogP) is -0.0340. The fourth-order valence-electron chi connectivity index (χ4n) is 2.75. The van der Waals surface area contributed by atoms with E-state index in [0.717, 1.165) is 12.8 Å². The number of aliphatic hydroxyl groups is 2.